The van der Waals surface area contributed by atoms with Gasteiger partial charge in [0.25, 0.3) is 0 Å². The number of hydrogen-bond donors (Lipinski definition) is 0. The average molecular weight is 437 g/mol. The molecular formula is C33H40. The molecule has 0 radical (unpaired) electrons. The Balaban J connectivity index is 1.67. The molecular weight excluding hydrogens is 396 g/mol. The van der Waals surface area contributed by atoms with Gasteiger partial charge in [0.15, 0.2) is 0 Å². The van der Waals surface area contributed by atoms with E-state index >= 15 is 0 Å². The van der Waals surface area contributed by atoms with Gasteiger partial charge < -0.3 is 0 Å². The van der Waals surface area contributed by atoms with Gasteiger partial charge in [-0.05, 0) is 89.8 Å². The SMILES string of the molecule is C=C(CCC)CCc1ccccc1C1Cc2ccccc2-c2ccc(CCCCC)cc2C1. The molecule has 0 saturated carbocycles. The minimum atomic E-state index is 0.522. The maximum atomic E-state index is 4.32. The van der Waals surface area contributed by atoms with E-state index in [1.54, 1.807) is 5.56 Å². The van der Waals surface area contributed by atoms with Crippen LogP contribution in [0.15, 0.2) is 78.9 Å². The highest BCUT2D eigenvalue weighted by Crippen LogP contribution is 2.39. The summed E-state index contributed by atoms with van der Waals surface area (Å²) in [6.45, 7) is 8.85. The second-order valence-corrected chi connectivity index (χ2v) is 9.91. The van der Waals surface area contributed by atoms with E-state index in [9.17, 15) is 0 Å². The molecule has 1 aliphatic rings. The molecule has 172 valence electrons. The Bertz CT molecular complexity index is 1070. The highest BCUT2D eigenvalue weighted by atomic mass is 14.3. The van der Waals surface area contributed by atoms with E-state index in [4.69, 9.17) is 0 Å². The number of hydrogen-bond acceptors (Lipinski definition) is 0. The topological polar surface area (TPSA) is 0 Å². The summed E-state index contributed by atoms with van der Waals surface area (Å²) >= 11 is 0. The maximum absolute atomic E-state index is 4.32. The molecule has 0 aliphatic heterocycles. The Morgan fingerprint density at radius 2 is 1.52 bits per heavy atom. The van der Waals surface area contributed by atoms with Gasteiger partial charge in [-0.15, -0.1) is 0 Å². The van der Waals surface area contributed by atoms with Gasteiger partial charge in [-0.3, -0.25) is 0 Å². The smallest absolute Gasteiger partial charge is 0.00779 e. The van der Waals surface area contributed by atoms with Crippen LogP contribution in [-0.4, -0.2) is 0 Å². The minimum absolute atomic E-state index is 0.522. The lowest BCUT2D eigenvalue weighted by Crippen LogP contribution is -2.09. The van der Waals surface area contributed by atoms with Crippen LogP contribution in [0.3, 0.4) is 0 Å². The molecule has 1 aliphatic carbocycles. The lowest BCUT2D eigenvalue weighted by molar-refractivity contribution is 0.674. The van der Waals surface area contributed by atoms with Crippen LogP contribution < -0.4 is 0 Å². The first-order valence-electron chi connectivity index (χ1n) is 13.1. The van der Waals surface area contributed by atoms with Crippen LogP contribution in [0, 0.1) is 0 Å². The molecule has 0 spiro atoms. The quantitative estimate of drug-likeness (QED) is 0.219. The standard InChI is InChI=1S/C33H40/c1-4-6-7-13-26-19-21-33-29(22-26)24-30(23-28-15-9-11-17-32(28)33)31-16-10-8-14-27(31)20-18-25(3)12-5-2/h8-11,14-17,19,21-22,30H,3-7,12-13,18,20,23-24H2,1-2H3. The second kappa shape index (κ2) is 11.5. The van der Waals surface area contributed by atoms with Gasteiger partial charge in [-0.1, -0.05) is 112 Å². The highest BCUT2D eigenvalue weighted by Gasteiger charge is 2.24. The van der Waals surface area contributed by atoms with Gasteiger partial charge in [-0.2, -0.15) is 0 Å². The third-order valence-electron chi connectivity index (χ3n) is 7.33. The van der Waals surface area contributed by atoms with Crippen molar-refractivity contribution in [2.45, 2.75) is 84.0 Å². The van der Waals surface area contributed by atoms with Crippen molar-refractivity contribution >= 4 is 0 Å². The molecule has 1 unspecified atom stereocenters. The lowest BCUT2D eigenvalue weighted by Gasteiger charge is -2.20. The molecule has 0 N–H and O–H groups in total. The number of unbranched alkanes of at least 4 members (excludes halogenated alkanes) is 2. The Morgan fingerprint density at radius 1 is 0.758 bits per heavy atom. The zero-order chi connectivity index (χ0) is 23.0. The monoisotopic (exact) mass is 436 g/mol. The molecule has 0 amide bonds. The van der Waals surface area contributed by atoms with Gasteiger partial charge in [0, 0.05) is 0 Å². The molecule has 4 rings (SSSR count). The third kappa shape index (κ3) is 5.85. The molecule has 0 nitrogen and oxygen atoms in total. The van der Waals surface area contributed by atoms with E-state index in [1.807, 2.05) is 0 Å². The largest absolute Gasteiger partial charge is 0.0999 e. The van der Waals surface area contributed by atoms with Crippen molar-refractivity contribution in [1.29, 1.82) is 0 Å². The van der Waals surface area contributed by atoms with Gasteiger partial charge in [0.2, 0.25) is 0 Å². The molecule has 3 aromatic carbocycles. The zero-order valence-electron chi connectivity index (χ0n) is 20.7. The van der Waals surface area contributed by atoms with Crippen LogP contribution in [0.4, 0.5) is 0 Å². The second-order valence-electron chi connectivity index (χ2n) is 9.91. The molecule has 0 fully saturated rings. The van der Waals surface area contributed by atoms with Crippen molar-refractivity contribution in [3.8, 4) is 11.1 Å². The summed E-state index contributed by atoms with van der Waals surface area (Å²) in [5, 5.41) is 0. The first-order chi connectivity index (χ1) is 16.2. The zero-order valence-corrected chi connectivity index (χ0v) is 20.7. The van der Waals surface area contributed by atoms with E-state index in [2.05, 4.69) is 87.2 Å². The third-order valence-corrected chi connectivity index (χ3v) is 7.33. The predicted octanol–water partition coefficient (Wildman–Crippen LogP) is 9.26. The van der Waals surface area contributed by atoms with Gasteiger partial charge in [0.05, 0.1) is 0 Å². The molecule has 0 bridgehead atoms. The summed E-state index contributed by atoms with van der Waals surface area (Å²) in [6.07, 6.45) is 11.9. The number of benzene rings is 3. The number of aryl methyl sites for hydroxylation is 2. The van der Waals surface area contributed by atoms with Crippen LogP contribution in [0.5, 0.6) is 0 Å². The molecule has 0 heterocycles. The lowest BCUT2D eigenvalue weighted by atomic mass is 9.84. The predicted molar refractivity (Wildman–Crippen MR) is 144 cm³/mol. The molecule has 3 aromatic rings. The normalized spacial score (nSPS) is 14.9. The fraction of sp³-hybridized carbons (Fsp3) is 0.394. The molecule has 33 heavy (non-hydrogen) atoms. The average Bonchev–Trinajstić information content (AvgIpc) is 3.00. The van der Waals surface area contributed by atoms with Crippen LogP contribution in [0.2, 0.25) is 0 Å². The number of rotatable bonds is 10. The van der Waals surface area contributed by atoms with E-state index in [-0.39, 0.29) is 0 Å². The maximum Gasteiger partial charge on any atom is -0.00779 e. The Kier molecular flexibility index (Phi) is 8.21. The first-order valence-corrected chi connectivity index (χ1v) is 13.1. The Labute approximate surface area is 201 Å². The summed E-state index contributed by atoms with van der Waals surface area (Å²) in [4.78, 5) is 0. The number of allylic oxidation sites excluding steroid dienone is 1. The van der Waals surface area contributed by atoms with Crippen molar-refractivity contribution in [3.63, 3.8) is 0 Å². The van der Waals surface area contributed by atoms with Crippen molar-refractivity contribution in [2.24, 2.45) is 0 Å². The highest BCUT2D eigenvalue weighted by molar-refractivity contribution is 5.72. The molecule has 0 heteroatoms. The minimum Gasteiger partial charge on any atom is -0.0999 e. The summed E-state index contributed by atoms with van der Waals surface area (Å²) in [5.74, 6) is 0.522. The summed E-state index contributed by atoms with van der Waals surface area (Å²) < 4.78 is 0. The van der Waals surface area contributed by atoms with Gasteiger partial charge in [0.1, 0.15) is 0 Å². The molecule has 1 atom stereocenters. The van der Waals surface area contributed by atoms with Crippen molar-refractivity contribution in [3.05, 3.63) is 107 Å². The van der Waals surface area contributed by atoms with E-state index < -0.39 is 0 Å². The van der Waals surface area contributed by atoms with Crippen molar-refractivity contribution in [2.75, 3.05) is 0 Å². The fourth-order valence-corrected chi connectivity index (χ4v) is 5.55. The molecule has 0 saturated heterocycles. The van der Waals surface area contributed by atoms with Crippen molar-refractivity contribution in [1.82, 2.24) is 0 Å². The van der Waals surface area contributed by atoms with Gasteiger partial charge >= 0.3 is 0 Å². The Hall–Kier alpha value is -2.60. The van der Waals surface area contributed by atoms with Crippen LogP contribution in [0.1, 0.15) is 86.1 Å². The molecule has 0 aromatic heterocycles. The van der Waals surface area contributed by atoms with E-state index in [0.717, 1.165) is 32.1 Å². The summed E-state index contributed by atoms with van der Waals surface area (Å²) in [7, 11) is 0. The van der Waals surface area contributed by atoms with Crippen LogP contribution >= 0.6 is 0 Å². The first kappa shape index (κ1) is 23.6. The van der Waals surface area contributed by atoms with E-state index in [1.165, 1.54) is 71.1 Å². The summed E-state index contributed by atoms with van der Waals surface area (Å²) in [6, 6.07) is 25.6. The Morgan fingerprint density at radius 3 is 2.36 bits per heavy atom. The van der Waals surface area contributed by atoms with Gasteiger partial charge in [-0.25, -0.2) is 0 Å². The summed E-state index contributed by atoms with van der Waals surface area (Å²) in [5.41, 5.74) is 11.9. The van der Waals surface area contributed by atoms with Crippen molar-refractivity contribution < 1.29 is 0 Å². The van der Waals surface area contributed by atoms with E-state index in [0.29, 0.717) is 5.92 Å². The fourth-order valence-electron chi connectivity index (χ4n) is 5.55. The van der Waals surface area contributed by atoms with Crippen LogP contribution in [-0.2, 0) is 25.7 Å². The van der Waals surface area contributed by atoms with Crippen LogP contribution in [0.25, 0.3) is 11.1 Å². The number of fused-ring (bicyclic) bond motifs is 3.